The summed E-state index contributed by atoms with van der Waals surface area (Å²) < 4.78 is 35.6. The Morgan fingerprint density at radius 2 is 1.90 bits per heavy atom. The molecule has 8 nitrogen and oxygen atoms in total. The molecule has 0 unspecified atom stereocenters. The first-order chi connectivity index (χ1) is 13.7. The zero-order valence-electron chi connectivity index (χ0n) is 15.9. The minimum Gasteiger partial charge on any atom is -0.497 e. The van der Waals surface area contributed by atoms with Crippen LogP contribution in [0.4, 0.5) is 11.4 Å². The van der Waals surface area contributed by atoms with Gasteiger partial charge in [-0.1, -0.05) is 18.5 Å². The van der Waals surface area contributed by atoms with E-state index in [9.17, 15) is 18.0 Å². The fourth-order valence-electron chi connectivity index (χ4n) is 3.00. The van der Waals surface area contributed by atoms with E-state index in [0.717, 1.165) is 4.31 Å². The van der Waals surface area contributed by atoms with E-state index in [1.165, 1.54) is 32.4 Å². The number of rotatable bonds is 5. The summed E-state index contributed by atoms with van der Waals surface area (Å²) in [5.74, 6) is -1.01. The maximum absolute atomic E-state index is 12.7. The van der Waals surface area contributed by atoms with E-state index in [4.69, 9.17) is 21.1 Å². The highest BCUT2D eigenvalue weighted by Gasteiger charge is 2.42. The van der Waals surface area contributed by atoms with Crippen LogP contribution in [0.2, 0.25) is 5.02 Å². The lowest BCUT2D eigenvalue weighted by molar-refractivity contribution is -0.119. The first-order valence-electron chi connectivity index (χ1n) is 8.57. The molecule has 10 heteroatoms. The lowest BCUT2D eigenvalue weighted by Crippen LogP contribution is -2.30. The summed E-state index contributed by atoms with van der Waals surface area (Å²) in [6.45, 7) is 1.55. The van der Waals surface area contributed by atoms with Crippen LogP contribution in [-0.4, -0.2) is 40.2 Å². The van der Waals surface area contributed by atoms with Crippen LogP contribution in [-0.2, 0) is 14.8 Å². The molecule has 154 valence electrons. The summed E-state index contributed by atoms with van der Waals surface area (Å²) in [7, 11) is -0.796. The predicted octanol–water partition coefficient (Wildman–Crippen LogP) is 2.92. The number of ether oxygens (including phenoxy) is 2. The Labute approximate surface area is 173 Å². The van der Waals surface area contributed by atoms with Crippen LogP contribution in [0.3, 0.4) is 0 Å². The topological polar surface area (TPSA) is 102 Å². The molecule has 0 spiro atoms. The van der Waals surface area contributed by atoms with Crippen molar-refractivity contribution < 1.29 is 27.5 Å². The second-order valence-corrected chi connectivity index (χ2v) is 8.74. The van der Waals surface area contributed by atoms with Crippen molar-refractivity contribution in [3.8, 4) is 11.5 Å². The number of nitrogens with one attached hydrogen (secondary N) is 1. The Hall–Kier alpha value is -2.78. The lowest BCUT2D eigenvalue weighted by atomic mass is 10.1. The molecule has 1 atom stereocenters. The van der Waals surface area contributed by atoms with E-state index < -0.39 is 27.8 Å². The molecule has 1 aliphatic heterocycles. The molecule has 3 rings (SSSR count). The molecule has 1 heterocycles. The maximum Gasteiger partial charge on any atom is 0.257 e. The van der Waals surface area contributed by atoms with Gasteiger partial charge in [0.1, 0.15) is 11.5 Å². The largest absolute Gasteiger partial charge is 0.497 e. The molecule has 2 aromatic rings. The Kier molecular flexibility index (Phi) is 5.72. The second kappa shape index (κ2) is 7.92. The smallest absolute Gasteiger partial charge is 0.257 e. The summed E-state index contributed by atoms with van der Waals surface area (Å²) in [5, 5.41) is 2.69. The Balaban J connectivity index is 1.90. The molecule has 0 aromatic heterocycles. The second-order valence-electron chi connectivity index (χ2n) is 6.47. The van der Waals surface area contributed by atoms with Gasteiger partial charge in [0.25, 0.3) is 5.91 Å². The number of amides is 2. The zero-order chi connectivity index (χ0) is 21.3. The van der Waals surface area contributed by atoms with Gasteiger partial charge in [0.2, 0.25) is 15.9 Å². The molecular formula is C19H19ClN2O6S. The fourth-order valence-corrected chi connectivity index (χ4v) is 5.08. The Morgan fingerprint density at radius 3 is 2.45 bits per heavy atom. The standard InChI is InChI=1S/C19H19ClN2O6S/c1-11-10-29(25,26)22(19(11)24)12-4-6-14(15(20)8-12)18(23)21-16-9-13(27-2)5-7-17(16)28-3/h4-9,11H,10H2,1-3H3,(H,21,23)/t11-/m1/s1. The van der Waals surface area contributed by atoms with Crippen LogP contribution in [0.1, 0.15) is 17.3 Å². The van der Waals surface area contributed by atoms with Crippen LogP contribution >= 0.6 is 11.6 Å². The number of halogens is 1. The molecule has 2 amide bonds. The number of hydrogen-bond donors (Lipinski definition) is 1. The number of methoxy groups -OCH3 is 2. The molecule has 1 fully saturated rings. The maximum atomic E-state index is 12.7. The number of anilines is 2. The summed E-state index contributed by atoms with van der Waals surface area (Å²) >= 11 is 6.23. The summed E-state index contributed by atoms with van der Waals surface area (Å²) in [6, 6.07) is 8.94. The van der Waals surface area contributed by atoms with Gasteiger partial charge < -0.3 is 14.8 Å². The van der Waals surface area contributed by atoms with Crippen LogP contribution in [0, 0.1) is 5.92 Å². The van der Waals surface area contributed by atoms with Crippen molar-refractivity contribution in [1.82, 2.24) is 0 Å². The average Bonchev–Trinajstić information content (AvgIpc) is 2.88. The van der Waals surface area contributed by atoms with E-state index in [1.807, 2.05) is 0 Å². The van der Waals surface area contributed by atoms with Gasteiger partial charge in [0.05, 0.1) is 47.9 Å². The van der Waals surface area contributed by atoms with Crippen molar-refractivity contribution >= 4 is 44.8 Å². The predicted molar refractivity (Wildman–Crippen MR) is 109 cm³/mol. The van der Waals surface area contributed by atoms with E-state index in [1.54, 1.807) is 25.1 Å². The van der Waals surface area contributed by atoms with Crippen molar-refractivity contribution in [1.29, 1.82) is 0 Å². The number of benzene rings is 2. The molecule has 1 aliphatic rings. The SMILES string of the molecule is COc1ccc(OC)c(NC(=O)c2ccc(N3C(=O)[C@H](C)CS3(=O)=O)cc2Cl)c1. The van der Waals surface area contributed by atoms with Crippen molar-refractivity contribution in [2.75, 3.05) is 29.6 Å². The third kappa shape index (κ3) is 4.01. The van der Waals surface area contributed by atoms with Crippen LogP contribution in [0.15, 0.2) is 36.4 Å². The summed E-state index contributed by atoms with van der Waals surface area (Å²) in [4.78, 5) is 24.9. The molecule has 0 aliphatic carbocycles. The van der Waals surface area contributed by atoms with Gasteiger partial charge in [0.15, 0.2) is 0 Å². The Bertz CT molecular complexity index is 1090. The average molecular weight is 439 g/mol. The molecular weight excluding hydrogens is 420 g/mol. The van der Waals surface area contributed by atoms with E-state index in [0.29, 0.717) is 17.2 Å². The van der Waals surface area contributed by atoms with Crippen LogP contribution < -0.4 is 19.1 Å². The van der Waals surface area contributed by atoms with Crippen LogP contribution in [0.5, 0.6) is 11.5 Å². The molecule has 0 radical (unpaired) electrons. The molecule has 0 saturated carbocycles. The number of sulfonamides is 1. The van der Waals surface area contributed by atoms with Crippen LogP contribution in [0.25, 0.3) is 0 Å². The number of hydrogen-bond acceptors (Lipinski definition) is 6. The third-order valence-electron chi connectivity index (χ3n) is 4.45. The molecule has 1 saturated heterocycles. The fraction of sp³-hybridized carbons (Fsp3) is 0.263. The minimum atomic E-state index is -3.76. The van der Waals surface area contributed by atoms with Gasteiger partial charge in [-0.3, -0.25) is 9.59 Å². The van der Waals surface area contributed by atoms with Crippen molar-refractivity contribution in [3.63, 3.8) is 0 Å². The number of carbonyl (C=O) groups is 2. The van der Waals surface area contributed by atoms with E-state index in [-0.39, 0.29) is 22.0 Å². The molecule has 2 aromatic carbocycles. The minimum absolute atomic E-state index is 0.00409. The van der Waals surface area contributed by atoms with Crippen molar-refractivity contribution in [2.45, 2.75) is 6.92 Å². The third-order valence-corrected chi connectivity index (χ3v) is 6.63. The van der Waals surface area contributed by atoms with Crippen molar-refractivity contribution in [3.05, 3.63) is 47.0 Å². The molecule has 29 heavy (non-hydrogen) atoms. The van der Waals surface area contributed by atoms with Gasteiger partial charge in [-0.2, -0.15) is 0 Å². The Morgan fingerprint density at radius 1 is 1.17 bits per heavy atom. The van der Waals surface area contributed by atoms with Gasteiger partial charge in [-0.15, -0.1) is 0 Å². The highest BCUT2D eigenvalue weighted by Crippen LogP contribution is 2.33. The summed E-state index contributed by atoms with van der Waals surface area (Å²) in [5.41, 5.74) is 0.584. The van der Waals surface area contributed by atoms with Gasteiger partial charge >= 0.3 is 0 Å². The summed E-state index contributed by atoms with van der Waals surface area (Å²) in [6.07, 6.45) is 0. The van der Waals surface area contributed by atoms with Gasteiger partial charge in [-0.05, 0) is 30.3 Å². The highest BCUT2D eigenvalue weighted by molar-refractivity contribution is 7.94. The van der Waals surface area contributed by atoms with Crippen molar-refractivity contribution in [2.24, 2.45) is 5.92 Å². The lowest BCUT2D eigenvalue weighted by Gasteiger charge is -2.17. The first kappa shape index (κ1) is 20.9. The quantitative estimate of drug-likeness (QED) is 0.770. The number of nitrogens with zero attached hydrogens (tertiary/aromatic N) is 1. The number of carbonyl (C=O) groups excluding carboxylic acids is 2. The van der Waals surface area contributed by atoms with E-state index in [2.05, 4.69) is 5.32 Å². The van der Waals surface area contributed by atoms with E-state index >= 15 is 0 Å². The zero-order valence-corrected chi connectivity index (χ0v) is 17.5. The first-order valence-corrected chi connectivity index (χ1v) is 10.6. The normalized spacial score (nSPS) is 17.9. The van der Waals surface area contributed by atoms with Gasteiger partial charge in [0, 0.05) is 6.07 Å². The van der Waals surface area contributed by atoms with Gasteiger partial charge in [-0.25, -0.2) is 12.7 Å². The molecule has 0 bridgehead atoms. The monoisotopic (exact) mass is 438 g/mol. The highest BCUT2D eigenvalue weighted by atomic mass is 35.5. The molecule has 1 N–H and O–H groups in total.